The Bertz CT molecular complexity index is 609. The molecule has 0 amide bonds. The van der Waals surface area contributed by atoms with Crippen LogP contribution in [0.15, 0.2) is 18.2 Å². The lowest BCUT2D eigenvalue weighted by atomic mass is 9.85. The molecule has 2 saturated heterocycles. The quantitative estimate of drug-likeness (QED) is 0.854. The van der Waals surface area contributed by atoms with Crippen LogP contribution in [0.2, 0.25) is 0 Å². The summed E-state index contributed by atoms with van der Waals surface area (Å²) in [7, 11) is 0. The normalized spacial score (nSPS) is 26.8. The largest absolute Gasteiger partial charge is 0.489 e. The highest BCUT2D eigenvalue weighted by Gasteiger charge is 2.42. The third-order valence-electron chi connectivity index (χ3n) is 4.59. The van der Waals surface area contributed by atoms with Crippen molar-refractivity contribution in [2.24, 2.45) is 17.8 Å². The van der Waals surface area contributed by atoms with E-state index in [0.717, 1.165) is 12.1 Å². The van der Waals surface area contributed by atoms with Crippen LogP contribution >= 0.6 is 0 Å². The van der Waals surface area contributed by atoms with Crippen LogP contribution in [0.4, 0.5) is 13.2 Å². The van der Waals surface area contributed by atoms with E-state index in [1.807, 2.05) is 13.8 Å². The van der Waals surface area contributed by atoms with Crippen LogP contribution in [-0.4, -0.2) is 49.3 Å². The summed E-state index contributed by atoms with van der Waals surface area (Å²) in [5.74, 6) is 0.467. The molecule has 0 unspecified atom stereocenters. The van der Waals surface area contributed by atoms with Crippen molar-refractivity contribution in [3.63, 3.8) is 0 Å². The molecule has 0 saturated carbocycles. The molecule has 0 radical (unpaired) electrons. The fourth-order valence-electron chi connectivity index (χ4n) is 3.36. The van der Waals surface area contributed by atoms with E-state index in [4.69, 9.17) is 14.2 Å². The molecule has 0 aromatic heterocycles. The molecule has 3 rings (SSSR count). The van der Waals surface area contributed by atoms with Crippen molar-refractivity contribution in [3.8, 4) is 11.5 Å². The fraction of sp³-hybridized carbons (Fsp3) is 0.667. The van der Waals surface area contributed by atoms with Gasteiger partial charge in [-0.25, -0.2) is 0 Å². The van der Waals surface area contributed by atoms with E-state index in [2.05, 4.69) is 0 Å². The zero-order valence-electron chi connectivity index (χ0n) is 14.8. The number of piperidine rings is 1. The second-order valence-corrected chi connectivity index (χ2v) is 7.38. The zero-order chi connectivity index (χ0) is 18.9. The van der Waals surface area contributed by atoms with Gasteiger partial charge in [-0.1, -0.05) is 13.8 Å². The van der Waals surface area contributed by atoms with Crippen molar-refractivity contribution in [1.29, 1.82) is 0 Å². The number of hydroxylamine groups is 2. The number of halogens is 3. The first-order chi connectivity index (χ1) is 12.2. The Morgan fingerprint density at radius 2 is 1.85 bits per heavy atom. The lowest BCUT2D eigenvalue weighted by Gasteiger charge is -2.44. The molecule has 2 aliphatic heterocycles. The minimum Gasteiger partial charge on any atom is -0.489 e. The summed E-state index contributed by atoms with van der Waals surface area (Å²) < 4.78 is 56.3. The number of ether oxygens (including phenoxy) is 3. The number of benzene rings is 1. The van der Waals surface area contributed by atoms with Crippen molar-refractivity contribution in [2.45, 2.75) is 26.1 Å². The Morgan fingerprint density at radius 1 is 1.19 bits per heavy atom. The average Bonchev–Trinajstić information content (AvgIpc) is 2.53. The lowest BCUT2D eigenvalue weighted by Crippen LogP contribution is -2.56. The first-order valence-corrected chi connectivity index (χ1v) is 8.76. The van der Waals surface area contributed by atoms with Gasteiger partial charge in [0, 0.05) is 24.9 Å². The highest BCUT2D eigenvalue weighted by Crippen LogP contribution is 2.39. The maximum atomic E-state index is 13.0. The van der Waals surface area contributed by atoms with Gasteiger partial charge in [0.15, 0.2) is 11.5 Å². The number of nitrogens with zero attached hydrogens (tertiary/aromatic N) is 1. The van der Waals surface area contributed by atoms with E-state index < -0.39 is 11.7 Å². The van der Waals surface area contributed by atoms with E-state index in [1.54, 1.807) is 0 Å². The predicted molar refractivity (Wildman–Crippen MR) is 87.4 cm³/mol. The highest BCUT2D eigenvalue weighted by atomic mass is 19.4. The minimum atomic E-state index is -4.44. The number of rotatable bonds is 5. The molecule has 2 atom stereocenters. The summed E-state index contributed by atoms with van der Waals surface area (Å²) in [6.07, 6.45) is -4.67. The molecule has 1 N–H and O–H groups in total. The molecule has 0 spiro atoms. The van der Waals surface area contributed by atoms with Crippen LogP contribution in [-0.2, 0) is 10.9 Å². The molecule has 1 aromatic rings. The van der Waals surface area contributed by atoms with Crippen molar-refractivity contribution in [3.05, 3.63) is 23.8 Å². The third kappa shape index (κ3) is 4.42. The Balaban J connectivity index is 1.83. The van der Waals surface area contributed by atoms with Gasteiger partial charge in [-0.3, -0.25) is 0 Å². The van der Waals surface area contributed by atoms with Crippen molar-refractivity contribution >= 4 is 0 Å². The SMILES string of the molecule is CC(C)COc1cc(C(F)(F)F)ccc1OC1[C@H]2COC[C@H]1CN(O)C2. The molecular formula is C18H24F3NO4. The Hall–Kier alpha value is -1.51. The molecule has 2 aliphatic rings. The summed E-state index contributed by atoms with van der Waals surface area (Å²) in [6, 6.07) is 3.32. The maximum absolute atomic E-state index is 13.0. The summed E-state index contributed by atoms with van der Waals surface area (Å²) >= 11 is 0. The lowest BCUT2D eigenvalue weighted by molar-refractivity contribution is -0.200. The zero-order valence-corrected chi connectivity index (χ0v) is 14.8. The standard InChI is InChI=1S/C18H24F3NO4/c1-11(2)8-25-16-5-14(18(19,20)21)3-4-15(16)26-17-12-6-22(23)7-13(17)10-24-9-12/h3-5,11-13,17,23H,6-10H2,1-2H3/t12-,13-/m1/s1. The summed E-state index contributed by atoms with van der Waals surface area (Å²) in [6.45, 7) is 5.85. The van der Waals surface area contributed by atoms with Crippen LogP contribution in [0.25, 0.3) is 0 Å². The van der Waals surface area contributed by atoms with Crippen molar-refractivity contribution < 1.29 is 32.6 Å². The summed E-state index contributed by atoms with van der Waals surface area (Å²) in [4.78, 5) is 0. The predicted octanol–water partition coefficient (Wildman–Crippen LogP) is 3.46. The second-order valence-electron chi connectivity index (χ2n) is 7.38. The van der Waals surface area contributed by atoms with Gasteiger partial charge < -0.3 is 19.4 Å². The van der Waals surface area contributed by atoms with E-state index in [-0.39, 0.29) is 29.6 Å². The number of alkyl halides is 3. The fourth-order valence-corrected chi connectivity index (χ4v) is 3.36. The van der Waals surface area contributed by atoms with E-state index in [9.17, 15) is 18.4 Å². The van der Waals surface area contributed by atoms with Gasteiger partial charge in [0.1, 0.15) is 6.10 Å². The van der Waals surface area contributed by atoms with Crippen molar-refractivity contribution in [1.82, 2.24) is 5.06 Å². The third-order valence-corrected chi connectivity index (χ3v) is 4.59. The van der Waals surface area contributed by atoms with E-state index in [1.165, 1.54) is 11.1 Å². The van der Waals surface area contributed by atoms with Gasteiger partial charge in [-0.2, -0.15) is 18.2 Å². The molecule has 1 aromatic carbocycles. The molecule has 2 fully saturated rings. The minimum absolute atomic E-state index is 0.0484. The van der Waals surface area contributed by atoms with Gasteiger partial charge >= 0.3 is 6.18 Å². The van der Waals surface area contributed by atoms with Gasteiger partial charge in [0.2, 0.25) is 0 Å². The molecule has 5 nitrogen and oxygen atoms in total. The number of hydrogen-bond donors (Lipinski definition) is 1. The van der Waals surface area contributed by atoms with Crippen LogP contribution in [0.5, 0.6) is 11.5 Å². The van der Waals surface area contributed by atoms with E-state index >= 15 is 0 Å². The highest BCUT2D eigenvalue weighted by molar-refractivity contribution is 5.44. The van der Waals surface area contributed by atoms with E-state index in [0.29, 0.717) is 38.7 Å². The number of fused-ring (bicyclic) bond motifs is 2. The topological polar surface area (TPSA) is 51.2 Å². The molecule has 8 heteroatoms. The Morgan fingerprint density at radius 3 is 2.42 bits per heavy atom. The van der Waals surface area contributed by atoms with Gasteiger partial charge in [-0.05, 0) is 24.1 Å². The van der Waals surface area contributed by atoms with Crippen LogP contribution in [0, 0.1) is 17.8 Å². The summed E-state index contributed by atoms with van der Waals surface area (Å²) in [5, 5.41) is 11.0. The van der Waals surface area contributed by atoms with Crippen LogP contribution < -0.4 is 9.47 Å². The smallest absolute Gasteiger partial charge is 0.416 e. The molecule has 0 aliphatic carbocycles. The monoisotopic (exact) mass is 375 g/mol. The van der Waals surface area contributed by atoms with Crippen LogP contribution in [0.3, 0.4) is 0 Å². The number of hydrogen-bond acceptors (Lipinski definition) is 5. The Kier molecular flexibility index (Phi) is 5.64. The molecule has 26 heavy (non-hydrogen) atoms. The van der Waals surface area contributed by atoms with Gasteiger partial charge in [0.25, 0.3) is 0 Å². The average molecular weight is 375 g/mol. The summed E-state index contributed by atoms with van der Waals surface area (Å²) in [5.41, 5.74) is -0.766. The molecule has 2 heterocycles. The van der Waals surface area contributed by atoms with Crippen molar-refractivity contribution in [2.75, 3.05) is 32.9 Å². The van der Waals surface area contributed by atoms with Gasteiger partial charge in [0.05, 0.1) is 25.4 Å². The van der Waals surface area contributed by atoms with Crippen LogP contribution in [0.1, 0.15) is 19.4 Å². The first kappa shape index (κ1) is 19.3. The second kappa shape index (κ2) is 7.62. The first-order valence-electron chi connectivity index (χ1n) is 8.76. The Labute approximate surface area is 150 Å². The molecule has 2 bridgehead atoms. The maximum Gasteiger partial charge on any atom is 0.416 e. The van der Waals surface area contributed by atoms with Gasteiger partial charge in [-0.15, -0.1) is 0 Å². The molecule has 146 valence electrons. The molecular weight excluding hydrogens is 351 g/mol.